The van der Waals surface area contributed by atoms with Gasteiger partial charge in [0.15, 0.2) is 28.8 Å². The Labute approximate surface area is 171 Å². The summed E-state index contributed by atoms with van der Waals surface area (Å²) in [5.74, 6) is 10.1. The predicted octanol–water partition coefficient (Wildman–Crippen LogP) is 2.19. The van der Waals surface area contributed by atoms with Gasteiger partial charge in [-0.2, -0.15) is 0 Å². The first-order chi connectivity index (χ1) is 13.9. The first kappa shape index (κ1) is 21.5. The molecule has 2 rings (SSSR count). The van der Waals surface area contributed by atoms with Crippen molar-refractivity contribution >= 4 is 11.7 Å². The first-order valence-electron chi connectivity index (χ1n) is 8.81. The minimum atomic E-state index is -0.332. The number of rotatable bonds is 7. The molecule has 7 nitrogen and oxygen atoms in total. The summed E-state index contributed by atoms with van der Waals surface area (Å²) in [5, 5.41) is 5.77. The highest BCUT2D eigenvalue weighted by molar-refractivity contribution is 5.97. The fourth-order valence-electron chi connectivity index (χ4n) is 2.49. The highest BCUT2D eigenvalue weighted by atomic mass is 16.5. The quantitative estimate of drug-likeness (QED) is 0.558. The van der Waals surface area contributed by atoms with Crippen LogP contribution in [0.2, 0.25) is 0 Å². The Morgan fingerprint density at radius 2 is 2.00 bits per heavy atom. The van der Waals surface area contributed by atoms with Crippen molar-refractivity contribution in [3.05, 3.63) is 47.4 Å². The standard InChI is InChI=1S/C22H24N4O3/c1-7-12-23-22(27)20-21(24-14-15(2)3)25-19(26(20)4)11-9-16-8-10-17(28-5)18(13-16)29-6/h1,8,10,13,24H,2,12,14H2,3-6H3,(H,23,27). The largest absolute Gasteiger partial charge is 0.493 e. The lowest BCUT2D eigenvalue weighted by Crippen LogP contribution is -2.27. The van der Waals surface area contributed by atoms with Gasteiger partial charge in [0.2, 0.25) is 0 Å². The zero-order valence-electron chi connectivity index (χ0n) is 17.0. The third kappa shape index (κ3) is 5.33. The zero-order valence-corrected chi connectivity index (χ0v) is 17.0. The predicted molar refractivity (Wildman–Crippen MR) is 113 cm³/mol. The first-order valence-corrected chi connectivity index (χ1v) is 8.81. The van der Waals surface area contributed by atoms with Gasteiger partial charge >= 0.3 is 0 Å². The summed E-state index contributed by atoms with van der Waals surface area (Å²) in [6, 6.07) is 5.37. The molecule has 0 aliphatic rings. The van der Waals surface area contributed by atoms with E-state index in [0.29, 0.717) is 35.4 Å². The monoisotopic (exact) mass is 392 g/mol. The number of nitrogens with zero attached hydrogens (tertiary/aromatic N) is 2. The van der Waals surface area contributed by atoms with Crippen LogP contribution in [-0.4, -0.2) is 42.8 Å². The van der Waals surface area contributed by atoms with E-state index in [1.807, 2.05) is 13.0 Å². The molecule has 0 fully saturated rings. The third-order valence-electron chi connectivity index (χ3n) is 3.92. The van der Waals surface area contributed by atoms with Gasteiger partial charge < -0.3 is 24.7 Å². The average Bonchev–Trinajstić information content (AvgIpc) is 3.03. The van der Waals surface area contributed by atoms with Gasteiger partial charge in [0.05, 0.1) is 20.8 Å². The number of aromatic nitrogens is 2. The van der Waals surface area contributed by atoms with E-state index in [4.69, 9.17) is 15.9 Å². The molecule has 0 aliphatic carbocycles. The second kappa shape index (κ2) is 9.91. The van der Waals surface area contributed by atoms with Crippen LogP contribution in [0.15, 0.2) is 30.4 Å². The molecule has 2 N–H and O–H groups in total. The lowest BCUT2D eigenvalue weighted by Gasteiger charge is -2.07. The SMILES string of the molecule is C#CCNC(=O)c1c(NCC(=C)C)nc(C#Cc2ccc(OC)c(OC)c2)n1C. The van der Waals surface area contributed by atoms with Crippen molar-refractivity contribution in [1.29, 1.82) is 0 Å². The number of terminal acetylenes is 1. The molecular weight excluding hydrogens is 368 g/mol. The van der Waals surface area contributed by atoms with E-state index >= 15 is 0 Å². The van der Waals surface area contributed by atoms with Crippen LogP contribution in [-0.2, 0) is 7.05 Å². The number of methoxy groups -OCH3 is 2. The van der Waals surface area contributed by atoms with E-state index in [2.05, 4.69) is 40.0 Å². The Balaban J connectivity index is 2.41. The topological polar surface area (TPSA) is 77.4 Å². The van der Waals surface area contributed by atoms with Gasteiger partial charge in [-0.1, -0.05) is 24.0 Å². The van der Waals surface area contributed by atoms with E-state index in [1.54, 1.807) is 38.0 Å². The van der Waals surface area contributed by atoms with Gasteiger partial charge in [-0.3, -0.25) is 4.79 Å². The molecule has 0 spiro atoms. The van der Waals surface area contributed by atoms with Crippen LogP contribution in [0.25, 0.3) is 0 Å². The molecule has 0 atom stereocenters. The van der Waals surface area contributed by atoms with Gasteiger partial charge in [-0.15, -0.1) is 6.42 Å². The average molecular weight is 392 g/mol. The number of benzene rings is 1. The molecule has 1 aromatic heterocycles. The van der Waals surface area contributed by atoms with Gasteiger partial charge in [0.1, 0.15) is 0 Å². The van der Waals surface area contributed by atoms with Crippen LogP contribution < -0.4 is 20.1 Å². The maximum absolute atomic E-state index is 12.5. The van der Waals surface area contributed by atoms with E-state index in [1.165, 1.54) is 0 Å². The number of carbonyl (C=O) groups excluding carboxylic acids is 1. The number of anilines is 1. The summed E-state index contributed by atoms with van der Waals surface area (Å²) < 4.78 is 12.2. The van der Waals surface area contributed by atoms with Crippen molar-refractivity contribution in [2.24, 2.45) is 7.05 Å². The third-order valence-corrected chi connectivity index (χ3v) is 3.92. The number of carbonyl (C=O) groups is 1. The number of imidazole rings is 1. The summed E-state index contributed by atoms with van der Waals surface area (Å²) in [6.45, 7) is 6.34. The number of nitrogens with one attached hydrogen (secondary N) is 2. The molecule has 1 heterocycles. The van der Waals surface area contributed by atoms with E-state index in [-0.39, 0.29) is 12.5 Å². The van der Waals surface area contributed by atoms with Crippen molar-refractivity contribution in [1.82, 2.24) is 14.9 Å². The van der Waals surface area contributed by atoms with Crippen molar-refractivity contribution < 1.29 is 14.3 Å². The van der Waals surface area contributed by atoms with Crippen molar-refractivity contribution in [2.75, 3.05) is 32.6 Å². The maximum atomic E-state index is 12.5. The van der Waals surface area contributed by atoms with Crippen molar-refractivity contribution in [3.8, 4) is 35.7 Å². The summed E-state index contributed by atoms with van der Waals surface area (Å²) in [4.78, 5) is 17.0. The highest BCUT2D eigenvalue weighted by Crippen LogP contribution is 2.27. The van der Waals surface area contributed by atoms with Crippen molar-refractivity contribution in [2.45, 2.75) is 6.92 Å². The summed E-state index contributed by atoms with van der Waals surface area (Å²) in [5.41, 5.74) is 1.97. The minimum absolute atomic E-state index is 0.122. The molecule has 0 unspecified atom stereocenters. The lowest BCUT2D eigenvalue weighted by atomic mass is 10.2. The van der Waals surface area contributed by atoms with E-state index < -0.39 is 0 Å². The molecule has 2 aromatic rings. The van der Waals surface area contributed by atoms with Crippen LogP contribution in [0, 0.1) is 24.2 Å². The van der Waals surface area contributed by atoms with Crippen LogP contribution in [0.3, 0.4) is 0 Å². The second-order valence-electron chi connectivity index (χ2n) is 6.21. The molecule has 0 aliphatic heterocycles. The smallest absolute Gasteiger partial charge is 0.272 e. The minimum Gasteiger partial charge on any atom is -0.493 e. The fraction of sp³-hybridized carbons (Fsp3) is 0.273. The Morgan fingerprint density at radius 1 is 1.28 bits per heavy atom. The summed E-state index contributed by atoms with van der Waals surface area (Å²) in [6.07, 6.45) is 5.24. The Bertz CT molecular complexity index is 1020. The summed E-state index contributed by atoms with van der Waals surface area (Å²) >= 11 is 0. The molecular formula is C22H24N4O3. The number of ether oxygens (including phenoxy) is 2. The zero-order chi connectivity index (χ0) is 21.4. The van der Waals surface area contributed by atoms with Crippen LogP contribution in [0.5, 0.6) is 11.5 Å². The lowest BCUT2D eigenvalue weighted by molar-refractivity contribution is 0.0951. The van der Waals surface area contributed by atoms with Crippen LogP contribution in [0.4, 0.5) is 5.82 Å². The molecule has 29 heavy (non-hydrogen) atoms. The maximum Gasteiger partial charge on any atom is 0.272 e. The Kier molecular flexibility index (Phi) is 7.33. The van der Waals surface area contributed by atoms with Gasteiger partial charge in [-0.05, 0) is 31.0 Å². The number of hydrogen-bond donors (Lipinski definition) is 2. The van der Waals surface area contributed by atoms with E-state index in [0.717, 1.165) is 11.1 Å². The Morgan fingerprint density at radius 3 is 2.62 bits per heavy atom. The van der Waals surface area contributed by atoms with Crippen LogP contribution >= 0.6 is 0 Å². The van der Waals surface area contributed by atoms with Gasteiger partial charge in [0.25, 0.3) is 5.91 Å². The number of hydrogen-bond acceptors (Lipinski definition) is 5. The molecule has 7 heteroatoms. The molecule has 0 bridgehead atoms. The molecule has 1 amide bonds. The van der Waals surface area contributed by atoms with Gasteiger partial charge in [0, 0.05) is 19.2 Å². The summed E-state index contributed by atoms with van der Waals surface area (Å²) in [7, 11) is 4.86. The second-order valence-corrected chi connectivity index (χ2v) is 6.21. The number of amides is 1. The molecule has 0 radical (unpaired) electrons. The van der Waals surface area contributed by atoms with Gasteiger partial charge in [-0.25, -0.2) is 4.98 Å². The Hall–Kier alpha value is -3.84. The molecule has 1 aromatic carbocycles. The molecule has 150 valence electrons. The highest BCUT2D eigenvalue weighted by Gasteiger charge is 2.20. The normalized spacial score (nSPS) is 9.62. The van der Waals surface area contributed by atoms with Crippen molar-refractivity contribution in [3.63, 3.8) is 0 Å². The van der Waals surface area contributed by atoms with Crippen LogP contribution in [0.1, 0.15) is 28.8 Å². The molecule has 0 saturated carbocycles. The molecule has 0 saturated heterocycles. The fourth-order valence-corrected chi connectivity index (χ4v) is 2.49. The van der Waals surface area contributed by atoms with E-state index in [9.17, 15) is 4.79 Å².